The number of pyridine rings is 1. The van der Waals surface area contributed by atoms with Gasteiger partial charge in [0.05, 0.1) is 5.56 Å². The number of furan rings is 1. The number of benzene rings is 3. The average Bonchev–Trinajstić information content (AvgIpc) is 3.14. The third-order valence-electron chi connectivity index (χ3n) is 5.71. The average molecular weight is 389 g/mol. The maximum Gasteiger partial charge on any atom is 0.239 e. The van der Waals surface area contributed by atoms with E-state index in [0.29, 0.717) is 6.54 Å². The summed E-state index contributed by atoms with van der Waals surface area (Å²) in [5.74, 6) is 0. The Morgan fingerprint density at radius 1 is 0.867 bits per heavy atom. The molecule has 5 aromatic rings. The summed E-state index contributed by atoms with van der Waals surface area (Å²) in [4.78, 5) is 3.47. The molecule has 0 aliphatic heterocycles. The Labute approximate surface area is 175 Å². The van der Waals surface area contributed by atoms with Gasteiger partial charge in [0.15, 0.2) is 6.20 Å². The molecular formula is C27H21N2O+. The van der Waals surface area contributed by atoms with Crippen LogP contribution in [0, 0.1) is 13.5 Å². The molecule has 0 saturated heterocycles. The highest BCUT2D eigenvalue weighted by molar-refractivity contribution is 6.13. The van der Waals surface area contributed by atoms with Crippen LogP contribution >= 0.6 is 0 Å². The molecule has 0 unspecified atom stereocenters. The number of aryl methyl sites for hydroxylation is 2. The van der Waals surface area contributed by atoms with Gasteiger partial charge in [-0.05, 0) is 24.1 Å². The smallest absolute Gasteiger partial charge is 0.239 e. The Morgan fingerprint density at radius 3 is 2.43 bits per heavy atom. The summed E-state index contributed by atoms with van der Waals surface area (Å²) < 4.78 is 8.71. The highest BCUT2D eigenvalue weighted by Crippen LogP contribution is 2.40. The van der Waals surface area contributed by atoms with E-state index >= 15 is 0 Å². The Kier molecular flexibility index (Phi) is 4.34. The Hall–Kier alpha value is -3.90. The molecule has 3 nitrogen and oxygen atoms in total. The zero-order valence-electron chi connectivity index (χ0n) is 17.0. The molecule has 0 bridgehead atoms. The van der Waals surface area contributed by atoms with Crippen LogP contribution < -0.4 is 4.57 Å². The first kappa shape index (κ1) is 18.1. The van der Waals surface area contributed by atoms with E-state index in [1.54, 1.807) is 0 Å². The largest absolute Gasteiger partial charge is 0.454 e. The third kappa shape index (κ3) is 2.86. The summed E-state index contributed by atoms with van der Waals surface area (Å²) >= 11 is 0. The first-order chi connectivity index (χ1) is 14.7. The van der Waals surface area contributed by atoms with E-state index in [4.69, 9.17) is 11.0 Å². The van der Waals surface area contributed by atoms with Gasteiger partial charge in [-0.3, -0.25) is 0 Å². The topological polar surface area (TPSA) is 21.4 Å². The first-order valence-corrected chi connectivity index (χ1v) is 10.00. The fourth-order valence-electron chi connectivity index (χ4n) is 4.17. The van der Waals surface area contributed by atoms with Crippen molar-refractivity contribution >= 4 is 21.9 Å². The molecule has 144 valence electrons. The van der Waals surface area contributed by atoms with Crippen molar-refractivity contribution < 1.29 is 8.98 Å². The van der Waals surface area contributed by atoms with Gasteiger partial charge in [0.2, 0.25) is 12.2 Å². The molecule has 0 radical (unpaired) electrons. The predicted octanol–water partition coefficient (Wildman–Crippen LogP) is 6.47. The summed E-state index contributed by atoms with van der Waals surface area (Å²) in [6.45, 7) is 9.60. The van der Waals surface area contributed by atoms with Gasteiger partial charge in [-0.25, -0.2) is 11.1 Å². The number of nitrogens with zero attached hydrogens (tertiary/aromatic N) is 2. The fraction of sp³-hybridized carbons (Fsp3) is 0.111. The van der Waals surface area contributed by atoms with Crippen LogP contribution in [0.5, 0.6) is 0 Å². The minimum absolute atomic E-state index is 0.409. The van der Waals surface area contributed by atoms with Gasteiger partial charge in [-0.15, -0.1) is 0 Å². The molecule has 30 heavy (non-hydrogen) atoms. The number of hydrogen-bond donors (Lipinski definition) is 0. The summed E-state index contributed by atoms with van der Waals surface area (Å²) in [5.41, 5.74) is 8.46. The van der Waals surface area contributed by atoms with Crippen LogP contribution in [-0.2, 0) is 13.6 Å². The van der Waals surface area contributed by atoms with Crippen molar-refractivity contribution in [1.29, 1.82) is 0 Å². The van der Waals surface area contributed by atoms with Crippen LogP contribution in [0.4, 0.5) is 0 Å². The number of fused-ring (bicyclic) bond motifs is 3. The predicted molar refractivity (Wildman–Crippen MR) is 121 cm³/mol. The van der Waals surface area contributed by atoms with Crippen molar-refractivity contribution in [3.8, 4) is 22.4 Å². The second-order valence-corrected chi connectivity index (χ2v) is 7.63. The highest BCUT2D eigenvalue weighted by atomic mass is 16.3. The van der Waals surface area contributed by atoms with Gasteiger partial charge >= 0.3 is 0 Å². The van der Waals surface area contributed by atoms with Crippen molar-refractivity contribution in [2.45, 2.75) is 13.5 Å². The molecule has 0 saturated carbocycles. The third-order valence-corrected chi connectivity index (χ3v) is 5.71. The molecule has 2 heterocycles. The summed E-state index contributed by atoms with van der Waals surface area (Å²) in [5, 5.41) is 2.24. The monoisotopic (exact) mass is 389 g/mol. The number of aromatic nitrogens is 1. The Balaban J connectivity index is 1.78. The number of hydrogen-bond acceptors (Lipinski definition) is 1. The van der Waals surface area contributed by atoms with Crippen molar-refractivity contribution in [3.05, 3.63) is 102 Å². The quantitative estimate of drug-likeness (QED) is 0.256. The molecule has 3 aromatic carbocycles. The zero-order valence-corrected chi connectivity index (χ0v) is 17.0. The maximum absolute atomic E-state index is 7.06. The van der Waals surface area contributed by atoms with Crippen LogP contribution in [0.3, 0.4) is 0 Å². The maximum atomic E-state index is 7.06. The molecular weight excluding hydrogens is 368 g/mol. The number of rotatable bonds is 3. The van der Waals surface area contributed by atoms with Crippen LogP contribution in [0.2, 0.25) is 0 Å². The molecule has 5 rings (SSSR count). The Bertz CT molecular complexity index is 1440. The lowest BCUT2D eigenvalue weighted by Crippen LogP contribution is -2.30. The SMILES string of the molecule is [C-]#[N+]Cc1ccc(-c2cccc3c2oc2c(-c4cccc[n+]4C)c(C)ccc23)cc1. The molecule has 2 aromatic heterocycles. The zero-order chi connectivity index (χ0) is 20.7. The fourth-order valence-corrected chi connectivity index (χ4v) is 4.17. The molecule has 0 atom stereocenters. The minimum atomic E-state index is 0.409. The minimum Gasteiger partial charge on any atom is -0.454 e. The standard InChI is InChI=1S/C27H21N2O/c1-18-10-15-23-22-8-6-7-21(20-13-11-19(12-14-20)17-28-2)26(22)30-27(23)25(18)24-9-4-5-16-29(24)3/h4-16H,17H2,1,3H3/q+1. The van der Waals surface area contributed by atoms with Gasteiger partial charge in [0.1, 0.15) is 18.2 Å². The van der Waals surface area contributed by atoms with Gasteiger partial charge in [0.25, 0.3) is 0 Å². The van der Waals surface area contributed by atoms with Crippen molar-refractivity contribution in [2.24, 2.45) is 7.05 Å². The lowest BCUT2D eigenvalue weighted by atomic mass is 9.98. The molecule has 3 heteroatoms. The van der Waals surface area contributed by atoms with Gasteiger partial charge in [0, 0.05) is 34.0 Å². The van der Waals surface area contributed by atoms with Crippen molar-refractivity contribution in [1.82, 2.24) is 0 Å². The number of para-hydroxylation sites is 1. The van der Waals surface area contributed by atoms with E-state index in [-0.39, 0.29) is 0 Å². The van der Waals surface area contributed by atoms with E-state index in [2.05, 4.69) is 84.2 Å². The lowest BCUT2D eigenvalue weighted by Gasteiger charge is -2.05. The highest BCUT2D eigenvalue weighted by Gasteiger charge is 2.21. The van der Waals surface area contributed by atoms with E-state index < -0.39 is 0 Å². The van der Waals surface area contributed by atoms with E-state index in [0.717, 1.165) is 49.9 Å². The van der Waals surface area contributed by atoms with Crippen molar-refractivity contribution in [2.75, 3.05) is 0 Å². The van der Waals surface area contributed by atoms with Gasteiger partial charge in [-0.2, -0.15) is 0 Å². The molecule has 0 aliphatic carbocycles. The second-order valence-electron chi connectivity index (χ2n) is 7.63. The van der Waals surface area contributed by atoms with E-state index in [9.17, 15) is 0 Å². The first-order valence-electron chi connectivity index (χ1n) is 10.00. The van der Waals surface area contributed by atoms with E-state index in [1.165, 1.54) is 5.56 Å². The summed E-state index contributed by atoms with van der Waals surface area (Å²) in [6, 6.07) is 25.1. The van der Waals surface area contributed by atoms with E-state index in [1.807, 2.05) is 18.2 Å². The van der Waals surface area contributed by atoms with Crippen LogP contribution in [0.1, 0.15) is 11.1 Å². The van der Waals surface area contributed by atoms with Crippen LogP contribution in [0.15, 0.2) is 83.4 Å². The Morgan fingerprint density at radius 2 is 1.67 bits per heavy atom. The molecule has 0 amide bonds. The second kappa shape index (κ2) is 7.17. The van der Waals surface area contributed by atoms with Crippen molar-refractivity contribution in [3.63, 3.8) is 0 Å². The summed E-state index contributed by atoms with van der Waals surface area (Å²) in [6.07, 6.45) is 2.06. The molecule has 0 fully saturated rings. The van der Waals surface area contributed by atoms with Gasteiger partial charge < -0.3 is 9.26 Å². The molecule has 0 N–H and O–H groups in total. The molecule has 0 spiro atoms. The normalized spacial score (nSPS) is 11.1. The van der Waals surface area contributed by atoms with Gasteiger partial charge in [-0.1, -0.05) is 54.6 Å². The lowest BCUT2D eigenvalue weighted by molar-refractivity contribution is -0.660. The van der Waals surface area contributed by atoms with Crippen LogP contribution in [0.25, 0.3) is 49.2 Å². The summed E-state index contributed by atoms with van der Waals surface area (Å²) in [7, 11) is 2.06. The van der Waals surface area contributed by atoms with Crippen LogP contribution in [-0.4, -0.2) is 0 Å². The molecule has 0 aliphatic rings.